The van der Waals surface area contributed by atoms with Crippen LogP contribution in [0.4, 0.5) is 13.2 Å². The Kier molecular flexibility index (Phi) is 8.92. The van der Waals surface area contributed by atoms with Gasteiger partial charge in [0.05, 0.1) is 24.7 Å². The van der Waals surface area contributed by atoms with E-state index in [-0.39, 0.29) is 29.7 Å². The predicted octanol–water partition coefficient (Wildman–Crippen LogP) is 6.27. The first kappa shape index (κ1) is 30.2. The highest BCUT2D eigenvalue weighted by Crippen LogP contribution is 2.34. The number of aromatic nitrogens is 3. The molecule has 2 saturated heterocycles. The van der Waals surface area contributed by atoms with E-state index < -0.39 is 24.1 Å². The number of likely N-dealkylation sites (tertiary alicyclic amines) is 1. The van der Waals surface area contributed by atoms with Crippen LogP contribution < -0.4 is 9.47 Å². The minimum absolute atomic E-state index is 0.0306. The minimum Gasteiger partial charge on any atom is -0.478 e. The van der Waals surface area contributed by atoms with Gasteiger partial charge >= 0.3 is 12.6 Å². The van der Waals surface area contributed by atoms with Gasteiger partial charge in [-0.05, 0) is 62.7 Å². The molecule has 1 N–H and O–H groups in total. The van der Waals surface area contributed by atoms with E-state index in [0.29, 0.717) is 47.5 Å². The topological polar surface area (TPSA) is 98.9 Å². The van der Waals surface area contributed by atoms with E-state index in [9.17, 15) is 23.1 Å². The molecule has 0 spiro atoms. The Morgan fingerprint density at radius 2 is 1.91 bits per heavy atom. The number of imidazole rings is 1. The third-order valence-corrected chi connectivity index (χ3v) is 8.31. The molecule has 2 aromatic heterocycles. The maximum absolute atomic E-state index is 14.1. The van der Waals surface area contributed by atoms with Crippen molar-refractivity contribution in [3.63, 3.8) is 0 Å². The number of piperidine rings is 1. The number of ether oxygens (including phenoxy) is 3. The van der Waals surface area contributed by atoms with Gasteiger partial charge in [-0.15, -0.1) is 0 Å². The maximum Gasteiger partial charge on any atom is 0.387 e. The number of nitrogens with zero attached hydrogens (tertiary/aromatic N) is 4. The van der Waals surface area contributed by atoms with Crippen LogP contribution in [0.25, 0.3) is 11.0 Å². The van der Waals surface area contributed by atoms with Crippen LogP contribution >= 0.6 is 11.6 Å². The molecule has 232 valence electrons. The average molecular weight is 631 g/mol. The second-order valence-corrected chi connectivity index (χ2v) is 11.3. The molecule has 0 radical (unpaired) electrons. The first-order valence-electron chi connectivity index (χ1n) is 14.3. The Balaban J connectivity index is 1.16. The van der Waals surface area contributed by atoms with Crippen LogP contribution in [0.15, 0.2) is 48.5 Å². The number of pyridine rings is 1. The fraction of sp³-hybridized carbons (Fsp3) is 0.387. The number of hydrogen-bond donors (Lipinski definition) is 1. The largest absolute Gasteiger partial charge is 0.478 e. The van der Waals surface area contributed by atoms with Gasteiger partial charge in [0, 0.05) is 34.9 Å². The third kappa shape index (κ3) is 6.62. The lowest BCUT2D eigenvalue weighted by Crippen LogP contribution is -2.35. The molecular formula is C31H30ClF3N4O5. The van der Waals surface area contributed by atoms with Gasteiger partial charge in [-0.3, -0.25) is 4.90 Å². The molecule has 1 atom stereocenters. The highest BCUT2D eigenvalue weighted by atomic mass is 35.5. The summed E-state index contributed by atoms with van der Waals surface area (Å²) >= 11 is 5.83. The lowest BCUT2D eigenvalue weighted by atomic mass is 9.93. The quantitative estimate of drug-likeness (QED) is 0.207. The summed E-state index contributed by atoms with van der Waals surface area (Å²) in [6, 6.07) is 12.9. The van der Waals surface area contributed by atoms with Crippen LogP contribution in [0.1, 0.15) is 52.6 Å². The average Bonchev–Trinajstić information content (AvgIpc) is 3.32. The zero-order valence-electron chi connectivity index (χ0n) is 23.6. The lowest BCUT2D eigenvalue weighted by Gasteiger charge is -2.32. The van der Waals surface area contributed by atoms with E-state index in [1.807, 2.05) is 16.7 Å². The van der Waals surface area contributed by atoms with Gasteiger partial charge in [0.15, 0.2) is 5.75 Å². The number of carboxylic acids is 1. The van der Waals surface area contributed by atoms with Crippen LogP contribution in [0.3, 0.4) is 0 Å². The van der Waals surface area contributed by atoms with Gasteiger partial charge in [-0.1, -0.05) is 23.7 Å². The van der Waals surface area contributed by atoms with Crippen LogP contribution in [0, 0.1) is 5.82 Å². The van der Waals surface area contributed by atoms with E-state index >= 15 is 0 Å². The van der Waals surface area contributed by atoms with Crippen LogP contribution in [0.5, 0.6) is 11.6 Å². The number of rotatable bonds is 11. The van der Waals surface area contributed by atoms with E-state index in [4.69, 9.17) is 21.1 Å². The predicted molar refractivity (Wildman–Crippen MR) is 155 cm³/mol. The molecule has 2 fully saturated rings. The van der Waals surface area contributed by atoms with Gasteiger partial charge in [-0.25, -0.2) is 19.2 Å². The van der Waals surface area contributed by atoms with Gasteiger partial charge in [0.2, 0.25) is 5.88 Å². The molecule has 4 aromatic rings. The highest BCUT2D eigenvalue weighted by molar-refractivity contribution is 6.30. The van der Waals surface area contributed by atoms with Crippen molar-refractivity contribution in [2.75, 3.05) is 19.7 Å². The summed E-state index contributed by atoms with van der Waals surface area (Å²) in [5.41, 5.74) is 1.52. The molecule has 4 heterocycles. The number of fused-ring (bicyclic) bond motifs is 1. The Labute approximate surface area is 256 Å². The lowest BCUT2D eigenvalue weighted by molar-refractivity contribution is -0.0592. The van der Waals surface area contributed by atoms with Crippen molar-refractivity contribution in [2.45, 2.75) is 57.6 Å². The van der Waals surface area contributed by atoms with Gasteiger partial charge < -0.3 is 23.9 Å². The Bertz CT molecular complexity index is 1660. The summed E-state index contributed by atoms with van der Waals surface area (Å²) in [7, 11) is 0. The second-order valence-electron chi connectivity index (χ2n) is 10.9. The number of aromatic carboxylic acids is 1. The molecular weight excluding hydrogens is 601 g/mol. The van der Waals surface area contributed by atoms with E-state index in [2.05, 4.69) is 19.6 Å². The Morgan fingerprint density at radius 1 is 1.11 bits per heavy atom. The SMILES string of the molecule is O=C(O)c1ccc2c(nc(CN3CCC(c4cccc(OCc5ccc(Cl)cc5F)n4)CC3)n2C[C@@H]2CCO2)c1OC(F)F. The number of alkyl halides is 2. The first-order chi connectivity index (χ1) is 21.2. The molecule has 0 unspecified atom stereocenters. The number of carbonyl (C=O) groups is 1. The van der Waals surface area contributed by atoms with Gasteiger partial charge in [0.1, 0.15) is 29.3 Å². The second kappa shape index (κ2) is 13.0. The summed E-state index contributed by atoms with van der Waals surface area (Å²) in [6.07, 6.45) is 2.46. The zero-order chi connectivity index (χ0) is 30.8. The Hall–Kier alpha value is -3.87. The number of halogens is 4. The van der Waals surface area contributed by atoms with Crippen molar-refractivity contribution < 1.29 is 37.3 Å². The summed E-state index contributed by atoms with van der Waals surface area (Å²) < 4.78 is 58.7. The fourth-order valence-electron chi connectivity index (χ4n) is 5.66. The number of benzene rings is 2. The molecule has 9 nitrogen and oxygen atoms in total. The summed E-state index contributed by atoms with van der Waals surface area (Å²) in [6.45, 7) is -0.135. The normalized spacial score (nSPS) is 17.6. The molecule has 2 aliphatic heterocycles. The van der Waals surface area contributed by atoms with Crippen molar-refractivity contribution in [2.24, 2.45) is 0 Å². The molecule has 44 heavy (non-hydrogen) atoms. The van der Waals surface area contributed by atoms with E-state index in [1.54, 1.807) is 24.3 Å². The fourth-order valence-corrected chi connectivity index (χ4v) is 5.82. The number of hydrogen-bond acceptors (Lipinski definition) is 7. The smallest absolute Gasteiger partial charge is 0.387 e. The van der Waals surface area contributed by atoms with Crippen molar-refractivity contribution in [1.29, 1.82) is 0 Å². The van der Waals surface area contributed by atoms with Crippen molar-refractivity contribution >= 4 is 28.6 Å². The maximum atomic E-state index is 14.1. The summed E-state index contributed by atoms with van der Waals surface area (Å²) in [4.78, 5) is 23.3. The third-order valence-electron chi connectivity index (χ3n) is 8.08. The molecule has 0 bridgehead atoms. The molecule has 0 aliphatic carbocycles. The minimum atomic E-state index is -3.20. The summed E-state index contributed by atoms with van der Waals surface area (Å²) in [5.74, 6) is -1.02. The molecule has 0 amide bonds. The highest BCUT2D eigenvalue weighted by Gasteiger charge is 2.28. The number of carboxylic acid groups (broad SMARTS) is 1. The zero-order valence-corrected chi connectivity index (χ0v) is 24.4. The summed E-state index contributed by atoms with van der Waals surface area (Å²) in [5, 5.41) is 9.91. The van der Waals surface area contributed by atoms with Crippen LogP contribution in [-0.4, -0.2) is 62.9 Å². The molecule has 2 aliphatic rings. The van der Waals surface area contributed by atoms with Crippen LogP contribution in [-0.2, 0) is 24.4 Å². The Morgan fingerprint density at radius 3 is 2.59 bits per heavy atom. The molecule has 0 saturated carbocycles. The standard InChI is InChI=1S/C31H30ClF3N4O5/c32-20-5-4-19(23(33)14-20)17-43-27-3-1-2-24(36-27)18-8-11-38(12-9-18)16-26-37-28-25(39(26)15-21-10-13-42-21)7-6-22(30(40)41)29(28)44-31(34)35/h1-7,14,18,21,31H,8-13,15-17H2,(H,40,41)/t21-/m0/s1. The van der Waals surface area contributed by atoms with E-state index in [0.717, 1.165) is 38.0 Å². The van der Waals surface area contributed by atoms with Crippen molar-refractivity contribution in [1.82, 2.24) is 19.4 Å². The molecule has 2 aromatic carbocycles. The first-order valence-corrected chi connectivity index (χ1v) is 14.7. The van der Waals surface area contributed by atoms with Crippen molar-refractivity contribution in [3.05, 3.63) is 82.0 Å². The van der Waals surface area contributed by atoms with E-state index in [1.165, 1.54) is 12.1 Å². The van der Waals surface area contributed by atoms with Crippen molar-refractivity contribution in [3.8, 4) is 11.6 Å². The molecule has 13 heteroatoms. The van der Waals surface area contributed by atoms with Crippen LogP contribution in [0.2, 0.25) is 5.02 Å². The van der Waals surface area contributed by atoms with Gasteiger partial charge in [-0.2, -0.15) is 8.78 Å². The molecule has 6 rings (SSSR count). The monoisotopic (exact) mass is 630 g/mol. The van der Waals surface area contributed by atoms with Gasteiger partial charge in [0.25, 0.3) is 0 Å².